The summed E-state index contributed by atoms with van der Waals surface area (Å²) in [6, 6.07) is 21.3. The van der Waals surface area contributed by atoms with E-state index >= 15 is 0 Å². The topological polar surface area (TPSA) is 41.2 Å². The highest BCUT2D eigenvalue weighted by Crippen LogP contribution is 2.41. The zero-order valence-electron chi connectivity index (χ0n) is 18.8. The fraction of sp³-hybridized carbons (Fsp3) is 0.207. The van der Waals surface area contributed by atoms with Gasteiger partial charge >= 0.3 is 0 Å². The molecule has 2 atom stereocenters. The summed E-state index contributed by atoms with van der Waals surface area (Å²) in [4.78, 5) is 10.2. The highest BCUT2D eigenvalue weighted by atomic mass is 19.1. The molecule has 2 aromatic carbocycles. The highest BCUT2D eigenvalue weighted by molar-refractivity contribution is 5.91. The number of aromatic nitrogens is 2. The van der Waals surface area contributed by atoms with Crippen LogP contribution < -0.4 is 4.74 Å². The standard InChI is InChI=1S/C29H26FN3O/c30-23-8-6-21(7-9-23)29-28(20-10-13-31-14-11-20)27(18-32-29)22-12-15-33-19-26(17-24(33)16-22)34-25-4-2-1-3-5-25/h1-14,18,24,26,32H,15-17,19H2/t24-,26-/m0/s1. The molecule has 170 valence electrons. The summed E-state index contributed by atoms with van der Waals surface area (Å²) in [6.07, 6.45) is 10.3. The van der Waals surface area contributed by atoms with Gasteiger partial charge in [0.15, 0.2) is 0 Å². The molecule has 0 unspecified atom stereocenters. The predicted molar refractivity (Wildman–Crippen MR) is 133 cm³/mol. The fourth-order valence-corrected chi connectivity index (χ4v) is 5.27. The Kier molecular flexibility index (Phi) is 5.47. The van der Waals surface area contributed by atoms with Crippen LogP contribution >= 0.6 is 0 Å². The normalized spacial score (nSPS) is 20.1. The van der Waals surface area contributed by atoms with Crippen molar-refractivity contribution in [1.82, 2.24) is 14.9 Å². The third-order valence-corrected chi connectivity index (χ3v) is 6.89. The number of halogens is 1. The number of ether oxygens (including phenoxy) is 1. The molecule has 0 aliphatic carbocycles. The molecule has 1 fully saturated rings. The Hall–Kier alpha value is -3.70. The van der Waals surface area contributed by atoms with Gasteiger partial charge in [0.25, 0.3) is 0 Å². The van der Waals surface area contributed by atoms with Gasteiger partial charge in [0, 0.05) is 55.3 Å². The van der Waals surface area contributed by atoms with Gasteiger partial charge in [-0.3, -0.25) is 9.88 Å². The minimum atomic E-state index is -0.232. The molecule has 0 amide bonds. The minimum Gasteiger partial charge on any atom is -0.489 e. The summed E-state index contributed by atoms with van der Waals surface area (Å²) in [6.45, 7) is 1.87. The van der Waals surface area contributed by atoms with E-state index in [-0.39, 0.29) is 11.9 Å². The summed E-state index contributed by atoms with van der Waals surface area (Å²) in [5.74, 6) is 0.708. The molecule has 0 saturated carbocycles. The van der Waals surface area contributed by atoms with Crippen molar-refractivity contribution in [3.8, 4) is 28.1 Å². The van der Waals surface area contributed by atoms with Crippen molar-refractivity contribution in [2.24, 2.45) is 0 Å². The number of pyridine rings is 1. The molecule has 6 rings (SSSR count). The number of para-hydroxylation sites is 1. The molecular weight excluding hydrogens is 425 g/mol. The lowest BCUT2D eigenvalue weighted by atomic mass is 9.89. The van der Waals surface area contributed by atoms with Gasteiger partial charge in [-0.05, 0) is 71.7 Å². The third kappa shape index (κ3) is 4.03. The third-order valence-electron chi connectivity index (χ3n) is 6.89. The summed E-state index contributed by atoms with van der Waals surface area (Å²) < 4.78 is 19.8. The molecule has 34 heavy (non-hydrogen) atoms. The number of nitrogens with one attached hydrogen (secondary N) is 1. The molecule has 2 aliphatic rings. The second-order valence-corrected chi connectivity index (χ2v) is 9.02. The van der Waals surface area contributed by atoms with Gasteiger partial charge in [0.05, 0.1) is 5.69 Å². The maximum atomic E-state index is 13.6. The molecule has 0 bridgehead atoms. The Labute approximate surface area is 198 Å². The molecule has 1 N–H and O–H groups in total. The zero-order valence-corrected chi connectivity index (χ0v) is 18.8. The second kappa shape index (κ2) is 8.92. The van der Waals surface area contributed by atoms with E-state index in [0.29, 0.717) is 6.04 Å². The molecule has 1 saturated heterocycles. The minimum absolute atomic E-state index is 0.209. The van der Waals surface area contributed by atoms with Crippen LogP contribution in [-0.4, -0.2) is 40.1 Å². The van der Waals surface area contributed by atoms with Crippen LogP contribution in [0.4, 0.5) is 4.39 Å². The number of benzene rings is 2. The average Bonchev–Trinajstić information content (AvgIpc) is 3.49. The Morgan fingerprint density at radius 2 is 1.74 bits per heavy atom. The monoisotopic (exact) mass is 451 g/mol. The molecule has 2 aliphatic heterocycles. The molecular formula is C29H26FN3O. The van der Waals surface area contributed by atoms with E-state index in [1.54, 1.807) is 0 Å². The zero-order chi connectivity index (χ0) is 22.9. The van der Waals surface area contributed by atoms with Gasteiger partial charge in [-0.15, -0.1) is 0 Å². The number of H-pyrrole nitrogens is 1. The van der Waals surface area contributed by atoms with Crippen molar-refractivity contribution >= 4 is 5.57 Å². The Morgan fingerprint density at radius 1 is 0.941 bits per heavy atom. The van der Waals surface area contributed by atoms with E-state index < -0.39 is 0 Å². The lowest BCUT2D eigenvalue weighted by Crippen LogP contribution is -2.33. The Bertz CT molecular complexity index is 1300. The van der Waals surface area contributed by atoms with Crippen LogP contribution in [0.5, 0.6) is 5.75 Å². The van der Waals surface area contributed by atoms with Crippen LogP contribution in [0.25, 0.3) is 28.0 Å². The smallest absolute Gasteiger partial charge is 0.123 e. The SMILES string of the molecule is Fc1ccc(-c2[nH]cc(C3=CCN4C[C@@H](Oc5ccccc5)C[C@@H]4C3)c2-c2ccncc2)cc1. The van der Waals surface area contributed by atoms with Gasteiger partial charge in [0.1, 0.15) is 17.7 Å². The van der Waals surface area contributed by atoms with E-state index in [1.807, 2.05) is 67.0 Å². The average molecular weight is 452 g/mol. The van der Waals surface area contributed by atoms with Crippen molar-refractivity contribution < 1.29 is 9.13 Å². The molecule has 2 aromatic heterocycles. The molecule has 4 heterocycles. The number of hydrogen-bond acceptors (Lipinski definition) is 3. The molecule has 5 heteroatoms. The van der Waals surface area contributed by atoms with Gasteiger partial charge in [-0.2, -0.15) is 0 Å². The second-order valence-electron chi connectivity index (χ2n) is 9.02. The first-order chi connectivity index (χ1) is 16.7. The first-order valence-corrected chi connectivity index (χ1v) is 11.8. The van der Waals surface area contributed by atoms with Crippen LogP contribution in [0.2, 0.25) is 0 Å². The van der Waals surface area contributed by atoms with Crippen LogP contribution in [0.15, 0.2) is 91.4 Å². The van der Waals surface area contributed by atoms with E-state index in [4.69, 9.17) is 4.74 Å². The number of fused-ring (bicyclic) bond motifs is 1. The summed E-state index contributed by atoms with van der Waals surface area (Å²) in [5.41, 5.74) is 6.76. The number of nitrogens with zero attached hydrogens (tertiary/aromatic N) is 2. The van der Waals surface area contributed by atoms with Gasteiger partial charge in [-0.1, -0.05) is 24.3 Å². The fourth-order valence-electron chi connectivity index (χ4n) is 5.27. The van der Waals surface area contributed by atoms with Crippen LogP contribution in [0.1, 0.15) is 18.4 Å². The van der Waals surface area contributed by atoms with Crippen molar-refractivity contribution in [3.63, 3.8) is 0 Å². The Balaban J connectivity index is 1.29. The summed E-state index contributed by atoms with van der Waals surface area (Å²) in [5, 5.41) is 0. The van der Waals surface area contributed by atoms with Crippen LogP contribution in [-0.2, 0) is 0 Å². The first-order valence-electron chi connectivity index (χ1n) is 11.8. The quantitative estimate of drug-likeness (QED) is 0.393. The highest BCUT2D eigenvalue weighted by Gasteiger charge is 2.36. The first kappa shape index (κ1) is 20.9. The van der Waals surface area contributed by atoms with Gasteiger partial charge < -0.3 is 9.72 Å². The van der Waals surface area contributed by atoms with Crippen molar-refractivity contribution in [2.75, 3.05) is 13.1 Å². The predicted octanol–water partition coefficient (Wildman–Crippen LogP) is 6.19. The van der Waals surface area contributed by atoms with E-state index in [0.717, 1.165) is 54.1 Å². The molecule has 0 spiro atoms. The maximum Gasteiger partial charge on any atom is 0.123 e. The number of aromatic amines is 1. The van der Waals surface area contributed by atoms with Crippen LogP contribution in [0, 0.1) is 5.82 Å². The Morgan fingerprint density at radius 3 is 2.53 bits per heavy atom. The largest absolute Gasteiger partial charge is 0.489 e. The lowest BCUT2D eigenvalue weighted by molar-refractivity contribution is 0.202. The molecule has 4 nitrogen and oxygen atoms in total. The van der Waals surface area contributed by atoms with Crippen LogP contribution in [0.3, 0.4) is 0 Å². The van der Waals surface area contributed by atoms with E-state index in [1.165, 1.54) is 23.3 Å². The van der Waals surface area contributed by atoms with Crippen molar-refractivity contribution in [2.45, 2.75) is 25.0 Å². The lowest BCUT2D eigenvalue weighted by Gasteiger charge is -2.29. The van der Waals surface area contributed by atoms with E-state index in [9.17, 15) is 4.39 Å². The van der Waals surface area contributed by atoms with E-state index in [2.05, 4.69) is 27.1 Å². The maximum absolute atomic E-state index is 13.6. The summed E-state index contributed by atoms with van der Waals surface area (Å²) >= 11 is 0. The molecule has 4 aromatic rings. The van der Waals surface area contributed by atoms with Crippen molar-refractivity contribution in [3.05, 3.63) is 103 Å². The van der Waals surface area contributed by atoms with Crippen molar-refractivity contribution in [1.29, 1.82) is 0 Å². The summed E-state index contributed by atoms with van der Waals surface area (Å²) in [7, 11) is 0. The molecule has 0 radical (unpaired) electrons. The van der Waals surface area contributed by atoms with Gasteiger partial charge in [-0.25, -0.2) is 4.39 Å². The number of rotatable bonds is 5. The number of hydrogen-bond donors (Lipinski definition) is 1. The van der Waals surface area contributed by atoms with Gasteiger partial charge in [0.2, 0.25) is 0 Å².